The molecule has 0 saturated carbocycles. The monoisotopic (exact) mass is 455 g/mol. The maximum Gasteiger partial charge on any atom is 0.311 e. The van der Waals surface area contributed by atoms with Crippen molar-refractivity contribution in [2.24, 2.45) is 11.8 Å². The van der Waals surface area contributed by atoms with Crippen molar-refractivity contribution >= 4 is 11.8 Å². The van der Waals surface area contributed by atoms with Gasteiger partial charge in [-0.15, -0.1) is 0 Å². The van der Waals surface area contributed by atoms with Crippen LogP contribution in [0.25, 0.3) is 0 Å². The van der Waals surface area contributed by atoms with Gasteiger partial charge in [-0.05, 0) is 74.8 Å². The van der Waals surface area contributed by atoms with E-state index in [9.17, 15) is 9.59 Å². The molecular weight excluding hydrogens is 414 g/mol. The molecule has 0 aliphatic carbocycles. The second-order valence-electron chi connectivity index (χ2n) is 10.2. The Hall–Kier alpha value is -1.96. The Morgan fingerprint density at radius 3 is 2.27 bits per heavy atom. The first kappa shape index (κ1) is 24.2. The maximum absolute atomic E-state index is 12.7. The summed E-state index contributed by atoms with van der Waals surface area (Å²) in [7, 11) is 0. The zero-order chi connectivity index (χ0) is 23.0. The van der Waals surface area contributed by atoms with E-state index in [0.29, 0.717) is 19.6 Å². The fourth-order valence-electron chi connectivity index (χ4n) is 5.30. The van der Waals surface area contributed by atoms with Gasteiger partial charge < -0.3 is 15.5 Å². The lowest BCUT2D eigenvalue weighted by Gasteiger charge is -2.37. The van der Waals surface area contributed by atoms with Gasteiger partial charge in [-0.3, -0.25) is 19.4 Å². The molecule has 7 heteroatoms. The van der Waals surface area contributed by atoms with Crippen molar-refractivity contribution in [1.29, 1.82) is 0 Å². The van der Waals surface area contributed by atoms with Crippen LogP contribution >= 0.6 is 0 Å². The minimum absolute atomic E-state index is 0.390. The average molecular weight is 456 g/mol. The van der Waals surface area contributed by atoms with Crippen LogP contribution in [-0.4, -0.2) is 85.4 Å². The molecule has 3 saturated heterocycles. The van der Waals surface area contributed by atoms with E-state index in [1.807, 2.05) is 6.07 Å². The molecule has 0 radical (unpaired) electrons. The van der Waals surface area contributed by atoms with Crippen LogP contribution in [-0.2, 0) is 22.7 Å². The Bertz CT molecular complexity index is 779. The molecule has 3 aliphatic rings. The predicted molar refractivity (Wildman–Crippen MR) is 131 cm³/mol. The molecule has 7 nitrogen and oxygen atoms in total. The van der Waals surface area contributed by atoms with Crippen molar-refractivity contribution in [3.8, 4) is 0 Å². The highest BCUT2D eigenvalue weighted by molar-refractivity contribution is 6.35. The largest absolute Gasteiger partial charge is 0.344 e. The molecule has 0 aromatic heterocycles. The van der Waals surface area contributed by atoms with Gasteiger partial charge in [0.05, 0.1) is 0 Å². The Balaban J connectivity index is 1.22. The van der Waals surface area contributed by atoms with Crippen molar-refractivity contribution < 1.29 is 9.59 Å². The summed E-state index contributed by atoms with van der Waals surface area (Å²) in [6.45, 7) is 12.2. The zero-order valence-electron chi connectivity index (χ0n) is 20.2. The number of nitrogens with one attached hydrogen (secondary N) is 2. The highest BCUT2D eigenvalue weighted by Gasteiger charge is 2.27. The zero-order valence-corrected chi connectivity index (χ0v) is 20.2. The number of piperidine rings is 2. The molecule has 0 atom stereocenters. The van der Waals surface area contributed by atoms with Gasteiger partial charge in [0.2, 0.25) is 0 Å². The van der Waals surface area contributed by atoms with Crippen molar-refractivity contribution in [3.05, 3.63) is 35.4 Å². The Kier molecular flexibility index (Phi) is 8.75. The molecule has 3 aliphatic heterocycles. The van der Waals surface area contributed by atoms with Crippen LogP contribution < -0.4 is 10.6 Å². The number of carbonyl (C=O) groups excluding carboxylic acids is 2. The SMILES string of the molecule is CC1CCN(Cc2ccccc2CNC(=O)C(=O)N2CCN(CC3CCNCC3)CC2)CC1. The normalized spacial score (nSPS) is 21.8. The predicted octanol–water partition coefficient (Wildman–Crippen LogP) is 1.68. The highest BCUT2D eigenvalue weighted by Crippen LogP contribution is 2.20. The number of nitrogens with zero attached hydrogens (tertiary/aromatic N) is 3. The fraction of sp³-hybridized carbons (Fsp3) is 0.692. The Labute approximate surface area is 198 Å². The summed E-state index contributed by atoms with van der Waals surface area (Å²) in [5, 5.41) is 6.31. The van der Waals surface area contributed by atoms with Crippen LogP contribution in [0.5, 0.6) is 0 Å². The molecule has 0 bridgehead atoms. The van der Waals surface area contributed by atoms with Gasteiger partial charge in [0, 0.05) is 45.8 Å². The maximum atomic E-state index is 12.7. The second kappa shape index (κ2) is 12.0. The summed E-state index contributed by atoms with van der Waals surface area (Å²) in [5.41, 5.74) is 2.34. The third-order valence-electron chi connectivity index (χ3n) is 7.66. The molecule has 0 spiro atoms. The number of likely N-dealkylation sites (tertiary alicyclic amines) is 1. The van der Waals surface area contributed by atoms with E-state index in [4.69, 9.17) is 0 Å². The number of hydrogen-bond donors (Lipinski definition) is 2. The summed E-state index contributed by atoms with van der Waals surface area (Å²) >= 11 is 0. The highest BCUT2D eigenvalue weighted by atomic mass is 16.2. The van der Waals surface area contributed by atoms with Gasteiger partial charge >= 0.3 is 11.8 Å². The van der Waals surface area contributed by atoms with Gasteiger partial charge in [-0.2, -0.15) is 0 Å². The average Bonchev–Trinajstić information content (AvgIpc) is 2.85. The minimum atomic E-state index is -0.483. The summed E-state index contributed by atoms with van der Waals surface area (Å²) < 4.78 is 0. The standard InChI is InChI=1S/C26H41N5O2/c1-21-8-12-29(13-9-21)20-24-5-3-2-4-23(24)18-28-25(32)26(33)31-16-14-30(15-17-31)19-22-6-10-27-11-7-22/h2-5,21-22,27H,6-20H2,1H3,(H,28,32). The lowest BCUT2D eigenvalue weighted by atomic mass is 9.97. The van der Waals surface area contributed by atoms with E-state index in [1.165, 1.54) is 31.2 Å². The lowest BCUT2D eigenvalue weighted by Crippen LogP contribution is -2.53. The molecule has 2 N–H and O–H groups in total. The molecule has 33 heavy (non-hydrogen) atoms. The number of carbonyl (C=O) groups is 2. The van der Waals surface area contributed by atoms with E-state index < -0.39 is 5.91 Å². The Morgan fingerprint density at radius 2 is 1.58 bits per heavy atom. The van der Waals surface area contributed by atoms with E-state index in [-0.39, 0.29) is 5.91 Å². The van der Waals surface area contributed by atoms with Crippen LogP contribution in [0.3, 0.4) is 0 Å². The van der Waals surface area contributed by atoms with E-state index in [1.54, 1.807) is 4.90 Å². The van der Waals surface area contributed by atoms with Crippen molar-refractivity contribution in [3.63, 3.8) is 0 Å². The first-order valence-corrected chi connectivity index (χ1v) is 12.9. The summed E-state index contributed by atoms with van der Waals surface area (Å²) in [6, 6.07) is 8.27. The summed E-state index contributed by atoms with van der Waals surface area (Å²) in [4.78, 5) is 32.0. The number of rotatable bonds is 6. The second-order valence-corrected chi connectivity index (χ2v) is 10.2. The number of benzene rings is 1. The number of hydrogen-bond acceptors (Lipinski definition) is 5. The van der Waals surface area contributed by atoms with Gasteiger partial charge in [0.25, 0.3) is 0 Å². The molecular formula is C26H41N5O2. The van der Waals surface area contributed by atoms with E-state index in [2.05, 4.69) is 45.6 Å². The molecule has 1 aromatic carbocycles. The first-order valence-electron chi connectivity index (χ1n) is 12.9. The van der Waals surface area contributed by atoms with Crippen LogP contribution in [0, 0.1) is 11.8 Å². The molecule has 182 valence electrons. The van der Waals surface area contributed by atoms with Crippen molar-refractivity contribution in [1.82, 2.24) is 25.3 Å². The van der Waals surface area contributed by atoms with Crippen molar-refractivity contribution in [2.45, 2.75) is 45.7 Å². The molecule has 3 fully saturated rings. The lowest BCUT2D eigenvalue weighted by molar-refractivity contribution is -0.147. The smallest absolute Gasteiger partial charge is 0.311 e. The molecule has 2 amide bonds. The third-order valence-corrected chi connectivity index (χ3v) is 7.66. The van der Waals surface area contributed by atoms with E-state index in [0.717, 1.165) is 69.8 Å². The topological polar surface area (TPSA) is 67.9 Å². The van der Waals surface area contributed by atoms with Gasteiger partial charge in [-0.1, -0.05) is 31.2 Å². The van der Waals surface area contributed by atoms with E-state index >= 15 is 0 Å². The minimum Gasteiger partial charge on any atom is -0.344 e. The van der Waals surface area contributed by atoms with Crippen LogP contribution in [0.2, 0.25) is 0 Å². The van der Waals surface area contributed by atoms with Gasteiger partial charge in [0.1, 0.15) is 0 Å². The molecule has 3 heterocycles. The van der Waals surface area contributed by atoms with Crippen LogP contribution in [0.1, 0.15) is 43.7 Å². The quantitative estimate of drug-likeness (QED) is 0.639. The summed E-state index contributed by atoms with van der Waals surface area (Å²) in [5.74, 6) is 0.695. The van der Waals surface area contributed by atoms with Gasteiger partial charge in [0.15, 0.2) is 0 Å². The summed E-state index contributed by atoms with van der Waals surface area (Å²) in [6.07, 6.45) is 4.97. The molecule has 0 unspecified atom stereocenters. The van der Waals surface area contributed by atoms with Gasteiger partial charge in [-0.25, -0.2) is 0 Å². The van der Waals surface area contributed by atoms with Crippen molar-refractivity contribution in [2.75, 3.05) is 58.9 Å². The van der Waals surface area contributed by atoms with Crippen LogP contribution in [0.15, 0.2) is 24.3 Å². The number of amides is 2. The molecule has 1 aromatic rings. The fourth-order valence-corrected chi connectivity index (χ4v) is 5.30. The number of piperazine rings is 1. The Morgan fingerprint density at radius 1 is 0.909 bits per heavy atom. The molecule has 4 rings (SSSR count). The van der Waals surface area contributed by atoms with Crippen LogP contribution in [0.4, 0.5) is 0 Å². The third kappa shape index (κ3) is 7.01. The first-order chi connectivity index (χ1) is 16.1.